The lowest BCUT2D eigenvalue weighted by Crippen LogP contribution is -2.30. The number of hydrogen-bond donors (Lipinski definition) is 2. The number of benzene rings is 1. The highest BCUT2D eigenvalue weighted by Gasteiger charge is 2.48. The normalized spacial score (nSPS) is 15.2. The number of amides is 1. The number of alkyl halides is 2. The zero-order valence-corrected chi connectivity index (χ0v) is 24.5. The van der Waals surface area contributed by atoms with Gasteiger partial charge in [0.05, 0.1) is 10.7 Å². The molecule has 0 spiro atoms. The van der Waals surface area contributed by atoms with Gasteiger partial charge in [-0.3, -0.25) is 4.79 Å². The fraction of sp³-hybridized carbons (Fsp3) is 0.517. The van der Waals surface area contributed by atoms with Crippen LogP contribution in [0.5, 0.6) is 0 Å². The zero-order valence-electron chi connectivity index (χ0n) is 23.8. The largest absolute Gasteiger partial charge is 0.400 e. The fourth-order valence-electron chi connectivity index (χ4n) is 3.63. The van der Waals surface area contributed by atoms with Crippen LogP contribution in [0.25, 0.3) is 0 Å². The van der Waals surface area contributed by atoms with Gasteiger partial charge in [-0.05, 0) is 62.8 Å². The number of oxime groups is 1. The third kappa shape index (κ3) is 9.23. The number of halogens is 3. The zero-order chi connectivity index (χ0) is 30.1. The van der Waals surface area contributed by atoms with E-state index in [0.717, 1.165) is 37.9 Å². The van der Waals surface area contributed by atoms with Gasteiger partial charge in [-0.1, -0.05) is 48.8 Å². The summed E-state index contributed by atoms with van der Waals surface area (Å²) in [5, 5.41) is 18.1. The van der Waals surface area contributed by atoms with Gasteiger partial charge in [-0.2, -0.15) is 8.78 Å². The molecule has 220 valence electrons. The molecule has 2 N–H and O–H groups in total. The van der Waals surface area contributed by atoms with Gasteiger partial charge in [0.25, 0.3) is 0 Å². The molecule has 0 saturated heterocycles. The summed E-state index contributed by atoms with van der Waals surface area (Å²) in [6.07, 6.45) is 5.31. The third-order valence-electron chi connectivity index (χ3n) is 6.31. The molecule has 1 aliphatic carbocycles. The second-order valence-electron chi connectivity index (χ2n) is 10.8. The molecule has 1 saturated carbocycles. The first-order valence-corrected chi connectivity index (χ1v) is 13.4. The summed E-state index contributed by atoms with van der Waals surface area (Å²) in [6, 6.07) is 6.49. The Morgan fingerprint density at radius 3 is 2.55 bits per heavy atom. The smallest absolute Gasteiger partial charge is 0.312 e. The van der Waals surface area contributed by atoms with E-state index in [-0.39, 0.29) is 36.1 Å². The molecule has 0 unspecified atom stereocenters. The number of anilines is 1. The van der Waals surface area contributed by atoms with Gasteiger partial charge in [-0.25, -0.2) is 0 Å². The van der Waals surface area contributed by atoms with Crippen molar-refractivity contribution in [3.63, 3.8) is 0 Å². The van der Waals surface area contributed by atoms with Gasteiger partial charge in [0.15, 0.2) is 0 Å². The number of rotatable bonds is 12. The summed E-state index contributed by atoms with van der Waals surface area (Å²) in [7, 11) is 1.00. The molecule has 0 aliphatic heterocycles. The Morgan fingerprint density at radius 1 is 1.30 bits per heavy atom. The van der Waals surface area contributed by atoms with E-state index in [1.807, 2.05) is 19.1 Å². The molecule has 0 radical (unpaired) electrons. The molecule has 1 aliphatic rings. The lowest BCUT2D eigenvalue weighted by atomic mass is 9.86. The molecule has 8 nitrogen and oxygen atoms in total. The van der Waals surface area contributed by atoms with E-state index in [2.05, 4.69) is 15.6 Å². The van der Waals surface area contributed by atoms with Crippen LogP contribution >= 0.6 is 11.6 Å². The summed E-state index contributed by atoms with van der Waals surface area (Å²) in [4.78, 5) is 29.8. The maximum Gasteiger partial charge on any atom is 0.312 e. The Balaban J connectivity index is 0.00000274. The standard InChI is InChI=1S/C28H34ClF2N3O4.CH4O/c1-17-8-11-22(21(29)13-17)32-26(36)15-20(7-6-12-35)24(14-19-9-10-19)37-33-18(2)23-16-25(38-34-23)28(30,31)27(3,4)5;1-2/h8,11-14,16,19-20H,6-7,9-10,15H2,1-5H3,(H,32,36);2H,1H3/b24-14+,33-18+;/t20-;/m0./s1. The Bertz CT molecular complexity index is 1220. The van der Waals surface area contributed by atoms with E-state index in [1.54, 1.807) is 19.1 Å². The van der Waals surface area contributed by atoms with Crippen molar-refractivity contribution in [2.45, 2.75) is 72.6 Å². The quantitative estimate of drug-likeness (QED) is 0.120. The number of aliphatic hydroxyl groups is 1. The number of aliphatic hydroxyl groups excluding tert-OH is 1. The molecule has 40 heavy (non-hydrogen) atoms. The average molecular weight is 582 g/mol. The Morgan fingerprint density at radius 2 is 1.98 bits per heavy atom. The van der Waals surface area contributed by atoms with Gasteiger partial charge in [0, 0.05) is 37.4 Å². The minimum atomic E-state index is -3.23. The highest BCUT2D eigenvalue weighted by Crippen LogP contribution is 2.44. The first-order chi connectivity index (χ1) is 18.8. The van der Waals surface area contributed by atoms with Crippen molar-refractivity contribution in [2.24, 2.45) is 22.4 Å². The average Bonchev–Trinajstić information content (AvgIpc) is 3.57. The van der Waals surface area contributed by atoms with Crippen LogP contribution in [0.1, 0.15) is 76.8 Å². The first kappa shape index (κ1) is 33.1. The van der Waals surface area contributed by atoms with Crippen molar-refractivity contribution in [1.82, 2.24) is 5.16 Å². The maximum absolute atomic E-state index is 14.7. The molecular formula is C29H38ClF2N3O5. The molecule has 1 heterocycles. The monoisotopic (exact) mass is 581 g/mol. The number of aldehydes is 1. The molecular weight excluding hydrogens is 544 g/mol. The van der Waals surface area contributed by atoms with Gasteiger partial charge >= 0.3 is 5.92 Å². The summed E-state index contributed by atoms with van der Waals surface area (Å²) in [5.74, 6) is -3.77. The van der Waals surface area contributed by atoms with Crippen molar-refractivity contribution in [1.29, 1.82) is 0 Å². The van der Waals surface area contributed by atoms with Crippen LogP contribution in [0.15, 0.2) is 45.8 Å². The first-order valence-electron chi connectivity index (χ1n) is 13.0. The Labute approximate surface area is 238 Å². The highest BCUT2D eigenvalue weighted by atomic mass is 35.5. The number of aryl methyl sites for hydroxylation is 1. The highest BCUT2D eigenvalue weighted by molar-refractivity contribution is 6.33. The summed E-state index contributed by atoms with van der Waals surface area (Å²) >= 11 is 6.26. The predicted molar refractivity (Wildman–Crippen MR) is 150 cm³/mol. The van der Waals surface area contributed by atoms with Crippen molar-refractivity contribution >= 4 is 35.2 Å². The van der Waals surface area contributed by atoms with Crippen molar-refractivity contribution in [3.05, 3.63) is 58.1 Å². The fourth-order valence-corrected chi connectivity index (χ4v) is 3.91. The van der Waals surface area contributed by atoms with Crippen molar-refractivity contribution < 1.29 is 32.8 Å². The van der Waals surface area contributed by atoms with E-state index in [1.165, 1.54) is 20.8 Å². The minimum Gasteiger partial charge on any atom is -0.400 e. The number of nitrogens with zero attached hydrogens (tertiary/aromatic N) is 2. The summed E-state index contributed by atoms with van der Waals surface area (Å²) < 4.78 is 34.3. The van der Waals surface area contributed by atoms with E-state index in [0.29, 0.717) is 22.9 Å². The van der Waals surface area contributed by atoms with Crippen molar-refractivity contribution in [3.8, 4) is 0 Å². The lowest BCUT2D eigenvalue weighted by molar-refractivity contribution is -0.122. The third-order valence-corrected chi connectivity index (χ3v) is 6.62. The summed E-state index contributed by atoms with van der Waals surface area (Å²) in [5.41, 5.74) is 0.449. The minimum absolute atomic E-state index is 0.0388. The number of carbonyl (C=O) groups excluding carboxylic acids is 2. The second kappa shape index (κ2) is 14.5. The van der Waals surface area contributed by atoms with E-state index >= 15 is 0 Å². The molecule has 2 aromatic rings. The molecule has 1 fully saturated rings. The van der Waals surface area contributed by atoms with Crippen LogP contribution in [0, 0.1) is 24.2 Å². The van der Waals surface area contributed by atoms with Gasteiger partial charge in [0.2, 0.25) is 11.7 Å². The van der Waals surface area contributed by atoms with Crippen molar-refractivity contribution in [2.75, 3.05) is 12.4 Å². The number of aromatic nitrogens is 1. The topological polar surface area (TPSA) is 114 Å². The molecule has 0 bridgehead atoms. The maximum atomic E-state index is 14.7. The molecule has 1 atom stereocenters. The van der Waals surface area contributed by atoms with Gasteiger partial charge < -0.3 is 24.6 Å². The van der Waals surface area contributed by atoms with Crippen LogP contribution in [0.3, 0.4) is 0 Å². The molecule has 1 amide bonds. The number of allylic oxidation sites excluding steroid dienone is 2. The van der Waals surface area contributed by atoms with Crippen LogP contribution in [-0.2, 0) is 20.3 Å². The van der Waals surface area contributed by atoms with E-state index in [4.69, 9.17) is 26.1 Å². The van der Waals surface area contributed by atoms with E-state index in [9.17, 15) is 18.4 Å². The van der Waals surface area contributed by atoms with Crippen LogP contribution in [-0.4, -0.2) is 35.3 Å². The van der Waals surface area contributed by atoms with Gasteiger partial charge in [-0.15, -0.1) is 0 Å². The molecule has 11 heteroatoms. The summed E-state index contributed by atoms with van der Waals surface area (Å²) in [6.45, 7) is 7.71. The van der Waals surface area contributed by atoms with Gasteiger partial charge in [0.1, 0.15) is 23.5 Å². The lowest BCUT2D eigenvalue weighted by Gasteiger charge is -2.27. The SMILES string of the molecule is C/C(=N\O/C(=C/C1CC1)[C@@H](CCC=O)CC(=O)Nc1ccc(C)cc1Cl)c1cc(C(F)(F)C(C)(C)C)on1.CO. The molecule has 3 rings (SSSR count). The van der Waals surface area contributed by atoms with Crippen LogP contribution < -0.4 is 5.32 Å². The second-order valence-corrected chi connectivity index (χ2v) is 11.2. The molecule has 1 aromatic heterocycles. The number of hydrogen-bond acceptors (Lipinski definition) is 7. The Kier molecular flexibility index (Phi) is 12.0. The van der Waals surface area contributed by atoms with Crippen LogP contribution in [0.4, 0.5) is 14.5 Å². The predicted octanol–water partition coefficient (Wildman–Crippen LogP) is 7.04. The number of carbonyl (C=O) groups is 2. The van der Waals surface area contributed by atoms with E-state index < -0.39 is 23.0 Å². The number of nitrogens with one attached hydrogen (secondary N) is 1. The molecule has 1 aromatic carbocycles. The van der Waals surface area contributed by atoms with Crippen LogP contribution in [0.2, 0.25) is 5.02 Å². The Hall–Kier alpha value is -3.11.